The van der Waals surface area contributed by atoms with Gasteiger partial charge in [0.1, 0.15) is 0 Å². The lowest BCUT2D eigenvalue weighted by atomic mass is 9.95. The molecule has 0 aliphatic heterocycles. The van der Waals surface area contributed by atoms with Crippen LogP contribution in [0.15, 0.2) is 84.9 Å². The van der Waals surface area contributed by atoms with Gasteiger partial charge in [0.25, 0.3) is 0 Å². The largest absolute Gasteiger partial charge is 0.733 e. The highest BCUT2D eigenvalue weighted by molar-refractivity contribution is 6.32. The zero-order valence-electron chi connectivity index (χ0n) is 13.4. The first-order valence-electron chi connectivity index (χ1n) is 7.78. The normalized spacial score (nSPS) is 11.2. The third kappa shape index (κ3) is 4.01. The summed E-state index contributed by atoms with van der Waals surface area (Å²) in [6.45, 7) is 0. The molecule has 0 atom stereocenters. The smallest absolute Gasteiger partial charge is 0.193 e. The monoisotopic (exact) mass is 330 g/mol. The molecule has 124 valence electrons. The number of benzene rings is 3. The van der Waals surface area contributed by atoms with Crippen molar-refractivity contribution in [2.24, 2.45) is 0 Å². The van der Waals surface area contributed by atoms with E-state index >= 15 is 0 Å². The zero-order chi connectivity index (χ0) is 17.6. The standard InChI is InChI=1S/C21H16NO3/c23-21(18-11-5-2-6-12-18)20(17-9-3-1-4-10-17)15-16-8-7-13-19(14-16)22(24)25/h1-15,24H/q-1/b20-15+. The molecule has 0 aliphatic carbocycles. The van der Waals surface area contributed by atoms with E-state index in [1.165, 1.54) is 12.1 Å². The van der Waals surface area contributed by atoms with Gasteiger partial charge in [-0.15, -0.1) is 0 Å². The summed E-state index contributed by atoms with van der Waals surface area (Å²) in [5.41, 5.74) is 2.63. The molecule has 0 bridgehead atoms. The van der Waals surface area contributed by atoms with Crippen LogP contribution in [0.25, 0.3) is 11.6 Å². The number of carbonyl (C=O) groups excluding carboxylic acids is 1. The molecule has 4 nitrogen and oxygen atoms in total. The van der Waals surface area contributed by atoms with Gasteiger partial charge in [-0.25, -0.2) is 0 Å². The number of anilines is 1. The predicted octanol–water partition coefficient (Wildman–Crippen LogP) is 4.80. The lowest BCUT2D eigenvalue weighted by molar-refractivity contribution is 0.105. The summed E-state index contributed by atoms with van der Waals surface area (Å²) < 4.78 is 0. The molecule has 0 radical (unpaired) electrons. The number of carbonyl (C=O) groups is 1. The first kappa shape index (κ1) is 16.6. The van der Waals surface area contributed by atoms with Gasteiger partial charge in [-0.3, -0.25) is 10.0 Å². The maximum atomic E-state index is 13.0. The summed E-state index contributed by atoms with van der Waals surface area (Å²) in [6, 6.07) is 24.8. The van der Waals surface area contributed by atoms with Crippen LogP contribution < -0.4 is 5.23 Å². The van der Waals surface area contributed by atoms with Crippen molar-refractivity contribution in [2.45, 2.75) is 0 Å². The minimum Gasteiger partial charge on any atom is -0.733 e. The van der Waals surface area contributed by atoms with E-state index in [1.54, 1.807) is 30.3 Å². The average molecular weight is 330 g/mol. The van der Waals surface area contributed by atoms with Crippen LogP contribution in [-0.4, -0.2) is 11.0 Å². The topological polar surface area (TPSA) is 63.6 Å². The van der Waals surface area contributed by atoms with Gasteiger partial charge >= 0.3 is 0 Å². The first-order chi connectivity index (χ1) is 12.1. The molecule has 4 heteroatoms. The second-order valence-corrected chi connectivity index (χ2v) is 5.49. The number of Topliss-reactive ketones (excluding diaryl/α,β-unsaturated/α-hetero) is 1. The fourth-order valence-corrected chi connectivity index (χ4v) is 2.54. The molecule has 0 aromatic heterocycles. The lowest BCUT2D eigenvalue weighted by Crippen LogP contribution is -2.07. The van der Waals surface area contributed by atoms with E-state index in [0.717, 1.165) is 5.56 Å². The Hall–Kier alpha value is -3.21. The molecular weight excluding hydrogens is 314 g/mol. The maximum absolute atomic E-state index is 13.0. The summed E-state index contributed by atoms with van der Waals surface area (Å²) in [7, 11) is 0. The van der Waals surface area contributed by atoms with Gasteiger partial charge in [-0.2, -0.15) is 0 Å². The van der Waals surface area contributed by atoms with E-state index in [4.69, 9.17) is 5.21 Å². The number of hydrogen-bond donors (Lipinski definition) is 1. The van der Waals surface area contributed by atoms with Crippen molar-refractivity contribution in [1.29, 1.82) is 0 Å². The highest BCUT2D eigenvalue weighted by Crippen LogP contribution is 2.24. The second kappa shape index (κ2) is 7.57. The Balaban J connectivity index is 2.09. The fraction of sp³-hybridized carbons (Fsp3) is 0. The fourth-order valence-electron chi connectivity index (χ4n) is 2.54. The van der Waals surface area contributed by atoms with Gasteiger partial charge in [-0.1, -0.05) is 72.8 Å². The Labute approximate surface area is 145 Å². The summed E-state index contributed by atoms with van der Waals surface area (Å²) >= 11 is 0. The SMILES string of the molecule is O=C(/C(=C/c1cccc(N([O-])O)c1)c1ccccc1)c1ccccc1. The van der Waals surface area contributed by atoms with Crippen LogP contribution in [0, 0.1) is 5.21 Å². The van der Waals surface area contributed by atoms with E-state index < -0.39 is 0 Å². The van der Waals surface area contributed by atoms with Gasteiger partial charge in [0.15, 0.2) is 5.78 Å². The number of hydrogen-bond acceptors (Lipinski definition) is 4. The molecule has 0 unspecified atom stereocenters. The van der Waals surface area contributed by atoms with E-state index in [1.807, 2.05) is 48.5 Å². The molecule has 0 fully saturated rings. The molecule has 3 aromatic rings. The van der Waals surface area contributed by atoms with Gasteiger partial charge < -0.3 is 10.4 Å². The van der Waals surface area contributed by atoms with Gasteiger partial charge in [0, 0.05) is 11.1 Å². The second-order valence-electron chi connectivity index (χ2n) is 5.49. The molecule has 0 saturated carbocycles. The molecular formula is C21H16NO3-. The van der Waals surface area contributed by atoms with Crippen LogP contribution >= 0.6 is 0 Å². The maximum Gasteiger partial charge on any atom is 0.193 e. The molecule has 1 N–H and O–H groups in total. The number of allylic oxidation sites excluding steroid dienone is 1. The zero-order valence-corrected chi connectivity index (χ0v) is 13.4. The molecule has 0 heterocycles. The number of rotatable bonds is 5. The Morgan fingerprint density at radius 2 is 1.44 bits per heavy atom. The molecule has 0 amide bonds. The van der Waals surface area contributed by atoms with Gasteiger partial charge in [0.05, 0.1) is 5.69 Å². The molecule has 3 rings (SSSR count). The van der Waals surface area contributed by atoms with Crippen molar-refractivity contribution in [3.05, 3.63) is 107 Å². The third-order valence-electron chi connectivity index (χ3n) is 3.77. The summed E-state index contributed by atoms with van der Waals surface area (Å²) in [4.78, 5) is 13.0. The highest BCUT2D eigenvalue weighted by atomic mass is 16.8. The Bertz CT molecular complexity index is 887. The molecule has 0 saturated heterocycles. The molecule has 25 heavy (non-hydrogen) atoms. The number of nitrogens with zero attached hydrogens (tertiary/aromatic N) is 1. The van der Waals surface area contributed by atoms with Crippen LogP contribution in [0.5, 0.6) is 0 Å². The van der Waals surface area contributed by atoms with Crippen LogP contribution in [0.2, 0.25) is 0 Å². The summed E-state index contributed by atoms with van der Waals surface area (Å²) in [5.74, 6) is -0.111. The predicted molar refractivity (Wildman–Crippen MR) is 99.2 cm³/mol. The van der Waals surface area contributed by atoms with E-state index in [9.17, 15) is 10.0 Å². The van der Waals surface area contributed by atoms with Crippen LogP contribution in [0.1, 0.15) is 21.5 Å². The van der Waals surface area contributed by atoms with Crippen molar-refractivity contribution in [3.63, 3.8) is 0 Å². The average Bonchev–Trinajstić information content (AvgIpc) is 2.67. The summed E-state index contributed by atoms with van der Waals surface area (Å²) in [6.07, 6.45) is 1.72. The van der Waals surface area contributed by atoms with Crippen molar-refractivity contribution >= 4 is 23.1 Å². The van der Waals surface area contributed by atoms with Crippen molar-refractivity contribution in [1.82, 2.24) is 0 Å². The van der Waals surface area contributed by atoms with Crippen molar-refractivity contribution < 1.29 is 10.0 Å². The molecule has 0 spiro atoms. The van der Waals surface area contributed by atoms with Crippen LogP contribution in [0.4, 0.5) is 5.69 Å². The van der Waals surface area contributed by atoms with Gasteiger partial charge in [0.2, 0.25) is 0 Å². The van der Waals surface area contributed by atoms with Crippen molar-refractivity contribution in [3.8, 4) is 0 Å². The minimum atomic E-state index is -0.196. The Morgan fingerprint density at radius 1 is 0.840 bits per heavy atom. The molecule has 3 aromatic carbocycles. The van der Waals surface area contributed by atoms with Crippen LogP contribution in [-0.2, 0) is 0 Å². The Morgan fingerprint density at radius 3 is 2.04 bits per heavy atom. The van der Waals surface area contributed by atoms with Crippen LogP contribution in [0.3, 0.4) is 0 Å². The van der Waals surface area contributed by atoms with E-state index in [2.05, 4.69) is 0 Å². The first-order valence-corrected chi connectivity index (χ1v) is 7.78. The quantitative estimate of drug-likeness (QED) is 0.316. The summed E-state index contributed by atoms with van der Waals surface area (Å²) in [5, 5.41) is 20.0. The molecule has 0 aliphatic rings. The highest BCUT2D eigenvalue weighted by Gasteiger charge is 2.14. The third-order valence-corrected chi connectivity index (χ3v) is 3.77. The van der Waals surface area contributed by atoms with Crippen molar-refractivity contribution in [2.75, 3.05) is 5.23 Å². The lowest BCUT2D eigenvalue weighted by Gasteiger charge is -2.21. The number of ketones is 1. The van der Waals surface area contributed by atoms with E-state index in [-0.39, 0.29) is 16.7 Å². The Kier molecular flexibility index (Phi) is 5.04. The minimum absolute atomic E-state index is 0.105. The van der Waals surface area contributed by atoms with E-state index in [0.29, 0.717) is 16.7 Å². The van der Waals surface area contributed by atoms with Gasteiger partial charge in [-0.05, 0) is 29.3 Å².